The standard InChI is InChI=1S/C13H19ClN2O.ClH/c1-13(2,9-15)16-12(17)8-5-10-3-6-11(14)7-4-10;/h3-4,6-7H,5,8-9,15H2,1-2H3,(H,16,17);1H. The highest BCUT2D eigenvalue weighted by molar-refractivity contribution is 6.30. The molecule has 18 heavy (non-hydrogen) atoms. The number of rotatable bonds is 5. The second-order valence-corrected chi connectivity index (χ2v) is 5.20. The van der Waals surface area contributed by atoms with Crippen LogP contribution in [0.1, 0.15) is 25.8 Å². The molecule has 0 aliphatic rings. The lowest BCUT2D eigenvalue weighted by atomic mass is 10.0. The molecule has 0 saturated carbocycles. The van der Waals surface area contributed by atoms with E-state index < -0.39 is 0 Å². The van der Waals surface area contributed by atoms with Gasteiger partial charge in [0.25, 0.3) is 0 Å². The van der Waals surface area contributed by atoms with Gasteiger partial charge in [0.05, 0.1) is 0 Å². The van der Waals surface area contributed by atoms with Crippen LogP contribution in [0.3, 0.4) is 0 Å². The first-order valence-electron chi connectivity index (χ1n) is 5.68. The van der Waals surface area contributed by atoms with Crippen molar-refractivity contribution in [2.24, 2.45) is 5.73 Å². The summed E-state index contributed by atoms with van der Waals surface area (Å²) in [6, 6.07) is 7.53. The Hall–Kier alpha value is -0.770. The predicted octanol–water partition coefficient (Wildman–Crippen LogP) is 2.55. The van der Waals surface area contributed by atoms with Gasteiger partial charge in [0.1, 0.15) is 0 Å². The van der Waals surface area contributed by atoms with Crippen LogP contribution in [0.5, 0.6) is 0 Å². The summed E-state index contributed by atoms with van der Waals surface area (Å²) in [6.45, 7) is 4.25. The Balaban J connectivity index is 0.00000289. The summed E-state index contributed by atoms with van der Waals surface area (Å²) < 4.78 is 0. The molecule has 0 saturated heterocycles. The van der Waals surface area contributed by atoms with Gasteiger partial charge in [0.2, 0.25) is 5.91 Å². The molecule has 0 atom stereocenters. The summed E-state index contributed by atoms with van der Waals surface area (Å²) in [7, 11) is 0. The topological polar surface area (TPSA) is 55.1 Å². The van der Waals surface area contributed by atoms with E-state index in [4.69, 9.17) is 17.3 Å². The average Bonchev–Trinajstić information content (AvgIpc) is 2.28. The molecule has 0 aromatic heterocycles. The highest BCUT2D eigenvalue weighted by atomic mass is 35.5. The Morgan fingerprint density at radius 1 is 1.33 bits per heavy atom. The molecule has 0 heterocycles. The summed E-state index contributed by atoms with van der Waals surface area (Å²) in [4.78, 5) is 11.7. The minimum absolute atomic E-state index is 0. The maximum absolute atomic E-state index is 11.7. The molecule has 3 nitrogen and oxygen atoms in total. The number of nitrogens with two attached hydrogens (primary N) is 1. The van der Waals surface area contributed by atoms with Crippen LogP contribution in [0.4, 0.5) is 0 Å². The van der Waals surface area contributed by atoms with E-state index in [1.165, 1.54) is 0 Å². The second kappa shape index (κ2) is 7.62. The molecule has 0 spiro atoms. The first-order chi connectivity index (χ1) is 7.93. The van der Waals surface area contributed by atoms with Gasteiger partial charge in [0.15, 0.2) is 0 Å². The Labute approximate surface area is 119 Å². The number of halogens is 2. The molecule has 1 rings (SSSR count). The summed E-state index contributed by atoms with van der Waals surface area (Å²) in [5.41, 5.74) is 6.32. The average molecular weight is 291 g/mol. The zero-order chi connectivity index (χ0) is 12.9. The van der Waals surface area contributed by atoms with Crippen LogP contribution in [0, 0.1) is 0 Å². The number of amides is 1. The lowest BCUT2D eigenvalue weighted by Crippen LogP contribution is -2.48. The monoisotopic (exact) mass is 290 g/mol. The van der Waals surface area contributed by atoms with Gasteiger partial charge in [-0.2, -0.15) is 0 Å². The van der Waals surface area contributed by atoms with Gasteiger partial charge in [0, 0.05) is 23.5 Å². The number of hydrogen-bond acceptors (Lipinski definition) is 2. The molecule has 0 aliphatic heterocycles. The molecule has 0 fully saturated rings. The molecule has 1 aromatic carbocycles. The van der Waals surface area contributed by atoms with Gasteiger partial charge >= 0.3 is 0 Å². The molecule has 102 valence electrons. The fourth-order valence-corrected chi connectivity index (χ4v) is 1.53. The SMILES string of the molecule is CC(C)(CN)NC(=O)CCc1ccc(Cl)cc1.Cl. The molecule has 0 radical (unpaired) electrons. The van der Waals surface area contributed by atoms with Crippen LogP contribution in [-0.2, 0) is 11.2 Å². The molecular weight excluding hydrogens is 271 g/mol. The highest BCUT2D eigenvalue weighted by Gasteiger charge is 2.17. The molecule has 1 amide bonds. The van der Waals surface area contributed by atoms with E-state index in [1.54, 1.807) is 0 Å². The normalized spacial score (nSPS) is 10.7. The van der Waals surface area contributed by atoms with Crippen molar-refractivity contribution in [3.8, 4) is 0 Å². The van der Waals surface area contributed by atoms with Gasteiger partial charge in [-0.25, -0.2) is 0 Å². The van der Waals surface area contributed by atoms with Crippen molar-refractivity contribution in [2.45, 2.75) is 32.2 Å². The third-order valence-corrected chi connectivity index (χ3v) is 2.79. The quantitative estimate of drug-likeness (QED) is 0.876. The van der Waals surface area contributed by atoms with Gasteiger partial charge in [-0.3, -0.25) is 4.79 Å². The van der Waals surface area contributed by atoms with Gasteiger partial charge in [-0.1, -0.05) is 23.7 Å². The van der Waals surface area contributed by atoms with Crippen molar-refractivity contribution in [1.29, 1.82) is 0 Å². The lowest BCUT2D eigenvalue weighted by Gasteiger charge is -2.24. The summed E-state index contributed by atoms with van der Waals surface area (Å²) in [5.74, 6) is 0.0235. The number of benzene rings is 1. The number of nitrogens with one attached hydrogen (secondary N) is 1. The van der Waals surface area contributed by atoms with Crippen molar-refractivity contribution in [3.05, 3.63) is 34.9 Å². The molecule has 3 N–H and O–H groups in total. The zero-order valence-electron chi connectivity index (χ0n) is 10.7. The van der Waals surface area contributed by atoms with Gasteiger partial charge in [-0.05, 0) is 38.0 Å². The van der Waals surface area contributed by atoms with Crippen molar-refractivity contribution < 1.29 is 4.79 Å². The van der Waals surface area contributed by atoms with E-state index in [9.17, 15) is 4.79 Å². The van der Waals surface area contributed by atoms with Crippen molar-refractivity contribution in [2.75, 3.05) is 6.54 Å². The van der Waals surface area contributed by atoms with E-state index in [2.05, 4.69) is 5.32 Å². The molecule has 0 aliphatic carbocycles. The molecule has 0 bridgehead atoms. The minimum atomic E-state index is -0.336. The second-order valence-electron chi connectivity index (χ2n) is 4.76. The Morgan fingerprint density at radius 3 is 2.39 bits per heavy atom. The maximum Gasteiger partial charge on any atom is 0.220 e. The lowest BCUT2D eigenvalue weighted by molar-refractivity contribution is -0.122. The van der Waals surface area contributed by atoms with E-state index in [1.807, 2.05) is 38.1 Å². The third kappa shape index (κ3) is 6.24. The smallest absolute Gasteiger partial charge is 0.220 e. The fraction of sp³-hybridized carbons (Fsp3) is 0.462. The van der Waals surface area contributed by atoms with Crippen LogP contribution in [0.2, 0.25) is 5.02 Å². The van der Waals surface area contributed by atoms with Crippen LogP contribution >= 0.6 is 24.0 Å². The third-order valence-electron chi connectivity index (χ3n) is 2.54. The van der Waals surface area contributed by atoms with E-state index >= 15 is 0 Å². The van der Waals surface area contributed by atoms with Crippen molar-refractivity contribution in [1.82, 2.24) is 5.32 Å². The van der Waals surface area contributed by atoms with Gasteiger partial charge in [-0.15, -0.1) is 12.4 Å². The maximum atomic E-state index is 11.7. The van der Waals surface area contributed by atoms with Gasteiger partial charge < -0.3 is 11.1 Å². The van der Waals surface area contributed by atoms with E-state index in [-0.39, 0.29) is 23.9 Å². The minimum Gasteiger partial charge on any atom is -0.350 e. The summed E-state index contributed by atoms with van der Waals surface area (Å²) in [6.07, 6.45) is 1.18. The largest absolute Gasteiger partial charge is 0.350 e. The van der Waals surface area contributed by atoms with Crippen molar-refractivity contribution in [3.63, 3.8) is 0 Å². The van der Waals surface area contributed by atoms with Crippen LogP contribution in [0.15, 0.2) is 24.3 Å². The van der Waals surface area contributed by atoms with Crippen molar-refractivity contribution >= 4 is 29.9 Å². The summed E-state index contributed by atoms with van der Waals surface area (Å²) in [5, 5.41) is 3.61. The number of hydrogen-bond donors (Lipinski definition) is 2. The summed E-state index contributed by atoms with van der Waals surface area (Å²) >= 11 is 5.79. The molecule has 1 aromatic rings. The number of carbonyl (C=O) groups is 1. The molecular formula is C13H20Cl2N2O. The van der Waals surface area contributed by atoms with E-state index in [0.717, 1.165) is 5.56 Å². The molecule has 5 heteroatoms. The Kier molecular flexibility index (Phi) is 7.29. The zero-order valence-corrected chi connectivity index (χ0v) is 12.3. The number of aryl methyl sites for hydroxylation is 1. The van der Waals surface area contributed by atoms with E-state index in [0.29, 0.717) is 24.4 Å². The first kappa shape index (κ1) is 17.2. The highest BCUT2D eigenvalue weighted by Crippen LogP contribution is 2.11. The Bertz CT molecular complexity index is 377. The fourth-order valence-electron chi connectivity index (χ4n) is 1.40. The predicted molar refractivity (Wildman–Crippen MR) is 78.3 cm³/mol. The van der Waals surface area contributed by atoms with Crippen LogP contribution < -0.4 is 11.1 Å². The molecule has 0 unspecified atom stereocenters. The Morgan fingerprint density at radius 2 is 1.89 bits per heavy atom. The number of carbonyl (C=O) groups excluding carboxylic acids is 1. The van der Waals surface area contributed by atoms with Crippen LogP contribution in [0.25, 0.3) is 0 Å². The first-order valence-corrected chi connectivity index (χ1v) is 6.06. The van der Waals surface area contributed by atoms with Crippen LogP contribution in [-0.4, -0.2) is 18.0 Å².